The van der Waals surface area contributed by atoms with Crippen LogP contribution in [0.5, 0.6) is 0 Å². The van der Waals surface area contributed by atoms with Crippen molar-refractivity contribution >= 4 is 0 Å². The molecule has 0 aliphatic rings. The van der Waals surface area contributed by atoms with Crippen molar-refractivity contribution in [1.29, 1.82) is 0 Å². The van der Waals surface area contributed by atoms with Crippen LogP contribution in [0, 0.1) is 23.7 Å². The average Bonchev–Trinajstić information content (AvgIpc) is 3.33. The molecule has 2 nitrogen and oxygen atoms in total. The monoisotopic (exact) mass is 420 g/mol. The van der Waals surface area contributed by atoms with E-state index in [0.717, 1.165) is 39.3 Å². The van der Waals surface area contributed by atoms with Gasteiger partial charge in [0.15, 0.2) is 0 Å². The highest BCUT2D eigenvalue weighted by atomic mass is 15.3. The SMILES string of the molecule is C(#Cc1ccc(-c2cc(C#Cc3ccccc3)n(-c3ccccc3)n2)cc1)c1ccccc1. The van der Waals surface area contributed by atoms with Crippen LogP contribution in [0.4, 0.5) is 0 Å². The summed E-state index contributed by atoms with van der Waals surface area (Å²) in [5.74, 6) is 13.0. The molecule has 0 atom stereocenters. The third-order valence-corrected chi connectivity index (χ3v) is 5.12. The number of aromatic nitrogens is 2. The van der Waals surface area contributed by atoms with Crippen molar-refractivity contribution in [3.05, 3.63) is 144 Å². The van der Waals surface area contributed by atoms with Crippen molar-refractivity contribution in [2.24, 2.45) is 0 Å². The van der Waals surface area contributed by atoms with E-state index in [4.69, 9.17) is 5.10 Å². The molecule has 154 valence electrons. The van der Waals surface area contributed by atoms with Gasteiger partial charge in [0.05, 0.1) is 11.4 Å². The molecule has 0 amide bonds. The van der Waals surface area contributed by atoms with Crippen LogP contribution in [0.15, 0.2) is 121 Å². The highest BCUT2D eigenvalue weighted by Gasteiger charge is 2.10. The Morgan fingerprint density at radius 2 is 0.970 bits per heavy atom. The molecule has 0 aliphatic heterocycles. The van der Waals surface area contributed by atoms with Crippen molar-refractivity contribution in [2.75, 3.05) is 0 Å². The molecule has 5 aromatic rings. The molecule has 33 heavy (non-hydrogen) atoms. The Hall–Kier alpha value is -4.79. The van der Waals surface area contributed by atoms with E-state index in [-0.39, 0.29) is 0 Å². The van der Waals surface area contributed by atoms with Gasteiger partial charge in [-0.1, -0.05) is 84.5 Å². The zero-order valence-electron chi connectivity index (χ0n) is 17.9. The highest BCUT2D eigenvalue weighted by molar-refractivity contribution is 5.63. The number of para-hydroxylation sites is 1. The molecule has 0 fully saturated rings. The Bertz CT molecular complexity index is 1470. The van der Waals surface area contributed by atoms with Crippen LogP contribution in [0.25, 0.3) is 16.9 Å². The first-order chi connectivity index (χ1) is 16.3. The number of hydrogen-bond donors (Lipinski definition) is 0. The molecule has 0 radical (unpaired) electrons. The van der Waals surface area contributed by atoms with Gasteiger partial charge >= 0.3 is 0 Å². The molecule has 0 saturated carbocycles. The minimum Gasteiger partial charge on any atom is -0.225 e. The van der Waals surface area contributed by atoms with Gasteiger partial charge in [-0.2, -0.15) is 5.10 Å². The minimum absolute atomic E-state index is 0.841. The van der Waals surface area contributed by atoms with Crippen molar-refractivity contribution < 1.29 is 0 Å². The molecule has 0 spiro atoms. The number of nitrogens with zero attached hydrogens (tertiary/aromatic N) is 2. The van der Waals surface area contributed by atoms with Crippen molar-refractivity contribution in [2.45, 2.75) is 0 Å². The highest BCUT2D eigenvalue weighted by Crippen LogP contribution is 2.22. The zero-order chi connectivity index (χ0) is 22.3. The minimum atomic E-state index is 0.841. The van der Waals surface area contributed by atoms with Crippen LogP contribution in [-0.4, -0.2) is 9.78 Å². The molecule has 1 aromatic heterocycles. The molecule has 5 rings (SSSR count). The van der Waals surface area contributed by atoms with Crippen LogP contribution in [0.1, 0.15) is 22.4 Å². The Balaban J connectivity index is 1.48. The van der Waals surface area contributed by atoms with Gasteiger partial charge in [0, 0.05) is 28.3 Å². The van der Waals surface area contributed by atoms with Crippen molar-refractivity contribution in [3.8, 4) is 40.6 Å². The van der Waals surface area contributed by atoms with E-state index in [2.05, 4.69) is 35.8 Å². The van der Waals surface area contributed by atoms with Gasteiger partial charge in [0.25, 0.3) is 0 Å². The second kappa shape index (κ2) is 9.56. The Kier molecular flexibility index (Phi) is 5.83. The van der Waals surface area contributed by atoms with Crippen molar-refractivity contribution in [1.82, 2.24) is 9.78 Å². The maximum Gasteiger partial charge on any atom is 0.118 e. The molecule has 0 bridgehead atoms. The Morgan fingerprint density at radius 3 is 1.55 bits per heavy atom. The van der Waals surface area contributed by atoms with Gasteiger partial charge in [-0.25, -0.2) is 4.68 Å². The lowest BCUT2D eigenvalue weighted by Crippen LogP contribution is -1.99. The van der Waals surface area contributed by atoms with E-state index in [0.29, 0.717) is 0 Å². The largest absolute Gasteiger partial charge is 0.225 e. The molecule has 0 aliphatic carbocycles. The first kappa shape index (κ1) is 20.1. The standard InChI is InChI=1S/C31H20N2/c1-4-10-25(11-5-1)16-17-27-18-21-28(22-19-27)31-24-30(23-20-26-12-6-2-7-13-26)33(32-31)29-14-8-3-9-15-29/h1-15,18-19,21-22,24H. The molecular formula is C31H20N2. The molecule has 1 heterocycles. The quantitative estimate of drug-likeness (QED) is 0.305. The fraction of sp³-hybridized carbons (Fsp3) is 0. The van der Waals surface area contributed by atoms with Crippen LogP contribution >= 0.6 is 0 Å². The molecular weight excluding hydrogens is 400 g/mol. The van der Waals surface area contributed by atoms with Gasteiger partial charge in [-0.15, -0.1) is 0 Å². The summed E-state index contributed by atoms with van der Waals surface area (Å²) in [6.07, 6.45) is 0. The van der Waals surface area contributed by atoms with E-state index >= 15 is 0 Å². The van der Waals surface area contributed by atoms with Gasteiger partial charge in [-0.3, -0.25) is 0 Å². The second-order valence-electron chi connectivity index (χ2n) is 7.47. The predicted octanol–water partition coefficient (Wildman–Crippen LogP) is 6.34. The lowest BCUT2D eigenvalue weighted by Gasteiger charge is -2.02. The smallest absolute Gasteiger partial charge is 0.118 e. The van der Waals surface area contributed by atoms with Gasteiger partial charge < -0.3 is 0 Å². The maximum atomic E-state index is 4.86. The van der Waals surface area contributed by atoms with E-state index in [1.165, 1.54) is 0 Å². The zero-order valence-corrected chi connectivity index (χ0v) is 17.9. The average molecular weight is 421 g/mol. The van der Waals surface area contributed by atoms with E-state index in [1.54, 1.807) is 0 Å². The Morgan fingerprint density at radius 1 is 0.485 bits per heavy atom. The summed E-state index contributed by atoms with van der Waals surface area (Å²) in [5.41, 5.74) is 6.66. The third kappa shape index (κ3) is 4.93. The van der Waals surface area contributed by atoms with E-state index in [9.17, 15) is 0 Å². The fourth-order valence-electron chi connectivity index (χ4n) is 3.43. The molecule has 4 aromatic carbocycles. The van der Waals surface area contributed by atoms with Gasteiger partial charge in [0.2, 0.25) is 0 Å². The molecule has 0 unspecified atom stereocenters. The van der Waals surface area contributed by atoms with Crippen LogP contribution < -0.4 is 0 Å². The first-order valence-electron chi connectivity index (χ1n) is 10.8. The normalized spacial score (nSPS) is 9.94. The number of hydrogen-bond acceptors (Lipinski definition) is 1. The summed E-state index contributed by atoms with van der Waals surface area (Å²) in [7, 11) is 0. The van der Waals surface area contributed by atoms with E-state index < -0.39 is 0 Å². The summed E-state index contributed by atoms with van der Waals surface area (Å²) in [6, 6.07) is 40.3. The van der Waals surface area contributed by atoms with Gasteiger partial charge in [-0.05, 0) is 54.5 Å². The molecule has 2 heteroatoms. The summed E-state index contributed by atoms with van der Waals surface area (Å²) in [5, 5.41) is 4.86. The summed E-state index contributed by atoms with van der Waals surface area (Å²) < 4.78 is 1.90. The molecule has 0 saturated heterocycles. The predicted molar refractivity (Wildman–Crippen MR) is 134 cm³/mol. The second-order valence-corrected chi connectivity index (χ2v) is 7.47. The van der Waals surface area contributed by atoms with E-state index in [1.807, 2.05) is 114 Å². The number of rotatable bonds is 2. The summed E-state index contributed by atoms with van der Waals surface area (Å²) >= 11 is 0. The summed E-state index contributed by atoms with van der Waals surface area (Å²) in [6.45, 7) is 0. The van der Waals surface area contributed by atoms with Crippen LogP contribution in [0.2, 0.25) is 0 Å². The van der Waals surface area contributed by atoms with Crippen LogP contribution in [-0.2, 0) is 0 Å². The lowest BCUT2D eigenvalue weighted by atomic mass is 10.1. The fourth-order valence-corrected chi connectivity index (χ4v) is 3.43. The molecule has 0 N–H and O–H groups in total. The topological polar surface area (TPSA) is 17.8 Å². The van der Waals surface area contributed by atoms with Crippen molar-refractivity contribution in [3.63, 3.8) is 0 Å². The van der Waals surface area contributed by atoms with Crippen LogP contribution in [0.3, 0.4) is 0 Å². The maximum absolute atomic E-state index is 4.86. The first-order valence-corrected chi connectivity index (χ1v) is 10.8. The third-order valence-electron chi connectivity index (χ3n) is 5.12. The lowest BCUT2D eigenvalue weighted by molar-refractivity contribution is 0.872. The number of benzene rings is 4. The van der Waals surface area contributed by atoms with Gasteiger partial charge in [0.1, 0.15) is 5.69 Å². The summed E-state index contributed by atoms with van der Waals surface area (Å²) in [4.78, 5) is 0. The Labute approximate surface area is 194 Å².